The zero-order valence-electron chi connectivity index (χ0n) is 20.6. The molecule has 4 heteroatoms. The fourth-order valence-electron chi connectivity index (χ4n) is 3.40. The summed E-state index contributed by atoms with van der Waals surface area (Å²) in [6.07, 6.45) is 13.5. The summed E-state index contributed by atoms with van der Waals surface area (Å²) < 4.78 is 0. The van der Waals surface area contributed by atoms with E-state index in [1.54, 1.807) is 13.8 Å². The molecule has 0 bridgehead atoms. The number of carbonyl (C=O) groups is 2. The zero-order valence-corrected chi connectivity index (χ0v) is 20.6. The summed E-state index contributed by atoms with van der Waals surface area (Å²) in [5.41, 5.74) is 5.98. The molecule has 4 nitrogen and oxygen atoms in total. The number of hydrogen-bond donors (Lipinski definition) is 2. The number of allylic oxidation sites excluding steroid dienone is 10. The second-order valence-corrected chi connectivity index (χ2v) is 8.97. The number of Topliss-reactive ketones (excluding diaryl/α,β-unsaturated/α-hetero) is 1. The van der Waals surface area contributed by atoms with Crippen LogP contribution >= 0.6 is 0 Å². The predicted molar refractivity (Wildman–Crippen MR) is 132 cm³/mol. The molecule has 0 aromatic rings. The van der Waals surface area contributed by atoms with E-state index in [1.807, 2.05) is 32.1 Å². The van der Waals surface area contributed by atoms with E-state index < -0.39 is 6.10 Å². The normalized spacial score (nSPS) is 17.0. The minimum atomic E-state index is -0.628. The van der Waals surface area contributed by atoms with Gasteiger partial charge in [0.05, 0.1) is 12.7 Å². The van der Waals surface area contributed by atoms with Gasteiger partial charge < -0.3 is 10.2 Å². The van der Waals surface area contributed by atoms with Crippen molar-refractivity contribution in [2.75, 3.05) is 6.61 Å². The first-order valence-corrected chi connectivity index (χ1v) is 11.5. The average molecular weight is 441 g/mol. The van der Waals surface area contributed by atoms with Crippen LogP contribution in [0.25, 0.3) is 0 Å². The van der Waals surface area contributed by atoms with Gasteiger partial charge in [0.25, 0.3) is 0 Å². The van der Waals surface area contributed by atoms with E-state index in [9.17, 15) is 19.8 Å². The molecule has 0 aliphatic heterocycles. The van der Waals surface area contributed by atoms with E-state index in [4.69, 9.17) is 0 Å². The summed E-state index contributed by atoms with van der Waals surface area (Å²) >= 11 is 0. The van der Waals surface area contributed by atoms with Gasteiger partial charge in [-0.05, 0) is 91.7 Å². The number of ketones is 2. The second-order valence-electron chi connectivity index (χ2n) is 8.97. The van der Waals surface area contributed by atoms with E-state index >= 15 is 0 Å². The van der Waals surface area contributed by atoms with Crippen LogP contribution < -0.4 is 0 Å². The maximum absolute atomic E-state index is 12.3. The van der Waals surface area contributed by atoms with Crippen molar-refractivity contribution in [3.05, 3.63) is 69.4 Å². The maximum Gasteiger partial charge on any atom is 0.185 e. The second kappa shape index (κ2) is 14.0. The molecule has 176 valence electrons. The van der Waals surface area contributed by atoms with Crippen LogP contribution in [0.4, 0.5) is 0 Å². The highest BCUT2D eigenvalue weighted by atomic mass is 16.3. The van der Waals surface area contributed by atoms with Crippen molar-refractivity contribution in [1.29, 1.82) is 0 Å². The number of carbonyl (C=O) groups excluding carboxylic acids is 2. The molecule has 0 amide bonds. The molecule has 0 spiro atoms. The van der Waals surface area contributed by atoms with Crippen molar-refractivity contribution in [1.82, 2.24) is 0 Å². The van der Waals surface area contributed by atoms with Gasteiger partial charge in [-0.25, -0.2) is 0 Å². The molecule has 0 heterocycles. The lowest BCUT2D eigenvalue weighted by atomic mass is 9.89. The first-order valence-electron chi connectivity index (χ1n) is 11.5. The van der Waals surface area contributed by atoms with Crippen molar-refractivity contribution >= 4 is 11.6 Å². The molecule has 0 aromatic carbocycles. The minimum Gasteiger partial charge on any atom is -0.392 e. The molecule has 1 unspecified atom stereocenters. The number of rotatable bonds is 12. The zero-order chi connectivity index (χ0) is 24.3. The SMILES string of the molecule is CC(C)=CCC(O)C(=CCCC(C)=CCCC(C)=CCC1=CC(=O)C(C)=C(C)C1=O)CO. The van der Waals surface area contributed by atoms with E-state index in [0.29, 0.717) is 35.1 Å². The van der Waals surface area contributed by atoms with Gasteiger partial charge in [0.2, 0.25) is 0 Å². The molecule has 2 N–H and O–H groups in total. The van der Waals surface area contributed by atoms with E-state index in [-0.39, 0.29) is 18.2 Å². The van der Waals surface area contributed by atoms with Gasteiger partial charge in [-0.15, -0.1) is 0 Å². The van der Waals surface area contributed by atoms with Crippen LogP contribution in [-0.2, 0) is 9.59 Å². The van der Waals surface area contributed by atoms with Crippen LogP contribution in [0, 0.1) is 0 Å². The lowest BCUT2D eigenvalue weighted by molar-refractivity contribution is -0.115. The van der Waals surface area contributed by atoms with Gasteiger partial charge in [0.15, 0.2) is 11.6 Å². The summed E-state index contributed by atoms with van der Waals surface area (Å²) in [7, 11) is 0. The summed E-state index contributed by atoms with van der Waals surface area (Å²) in [6, 6.07) is 0. The minimum absolute atomic E-state index is 0.0248. The van der Waals surface area contributed by atoms with Crippen LogP contribution in [0.15, 0.2) is 69.4 Å². The summed E-state index contributed by atoms with van der Waals surface area (Å²) in [6.45, 7) is 11.4. The third kappa shape index (κ3) is 9.46. The third-order valence-corrected chi connectivity index (χ3v) is 5.88. The van der Waals surface area contributed by atoms with Crippen LogP contribution in [0.1, 0.15) is 80.1 Å². The molecule has 1 aliphatic rings. The van der Waals surface area contributed by atoms with Crippen molar-refractivity contribution in [2.24, 2.45) is 0 Å². The van der Waals surface area contributed by atoms with Gasteiger partial charge in [-0.1, -0.05) is 41.0 Å². The fourth-order valence-corrected chi connectivity index (χ4v) is 3.40. The van der Waals surface area contributed by atoms with Crippen LogP contribution in [0.5, 0.6) is 0 Å². The molecular weight excluding hydrogens is 400 g/mol. The lowest BCUT2D eigenvalue weighted by Gasteiger charge is -2.13. The smallest absolute Gasteiger partial charge is 0.185 e. The summed E-state index contributed by atoms with van der Waals surface area (Å²) in [4.78, 5) is 24.3. The number of aliphatic hydroxyl groups is 2. The summed E-state index contributed by atoms with van der Waals surface area (Å²) in [5, 5.41) is 19.7. The first kappa shape index (κ1) is 27.7. The van der Waals surface area contributed by atoms with Crippen molar-refractivity contribution < 1.29 is 19.8 Å². The monoisotopic (exact) mass is 440 g/mol. The molecule has 0 saturated heterocycles. The predicted octanol–water partition coefficient (Wildman–Crippen LogP) is 5.88. The van der Waals surface area contributed by atoms with E-state index in [0.717, 1.165) is 31.3 Å². The Morgan fingerprint density at radius 2 is 1.50 bits per heavy atom. The molecule has 1 atom stereocenters. The molecule has 0 aromatic heterocycles. The number of hydrogen-bond acceptors (Lipinski definition) is 4. The van der Waals surface area contributed by atoms with Crippen molar-refractivity contribution in [2.45, 2.75) is 86.2 Å². The molecular formula is C28H40O4. The fraction of sp³-hybridized carbons (Fsp3) is 0.500. The Labute approximate surface area is 193 Å². The van der Waals surface area contributed by atoms with Crippen LogP contribution in [-0.4, -0.2) is 34.5 Å². The summed E-state index contributed by atoms with van der Waals surface area (Å²) in [5.74, 6) is -0.0901. The lowest BCUT2D eigenvalue weighted by Crippen LogP contribution is -2.16. The Bertz CT molecular complexity index is 871. The van der Waals surface area contributed by atoms with E-state index in [2.05, 4.69) is 19.9 Å². The quantitative estimate of drug-likeness (QED) is 0.293. The third-order valence-electron chi connectivity index (χ3n) is 5.88. The first-order chi connectivity index (χ1) is 15.1. The van der Waals surface area contributed by atoms with Crippen LogP contribution in [0.3, 0.4) is 0 Å². The Hall–Kier alpha value is -2.30. The van der Waals surface area contributed by atoms with Crippen LogP contribution in [0.2, 0.25) is 0 Å². The molecule has 1 aliphatic carbocycles. The Balaban J connectivity index is 2.49. The van der Waals surface area contributed by atoms with Gasteiger partial charge in [-0.2, -0.15) is 0 Å². The standard InChI is InChI=1S/C28H40O4/c1-19(2)13-16-26(30)25(18-29)12-8-11-20(3)9-7-10-21(4)14-15-24-17-27(31)22(5)23(6)28(24)32/h9,12-14,17,26,29-30H,7-8,10-11,15-16,18H2,1-6H3. The Morgan fingerprint density at radius 3 is 2.09 bits per heavy atom. The average Bonchev–Trinajstić information content (AvgIpc) is 2.75. The molecule has 0 saturated carbocycles. The highest BCUT2D eigenvalue weighted by Crippen LogP contribution is 2.22. The highest BCUT2D eigenvalue weighted by Gasteiger charge is 2.21. The topological polar surface area (TPSA) is 74.6 Å². The van der Waals surface area contributed by atoms with Crippen molar-refractivity contribution in [3.63, 3.8) is 0 Å². The molecule has 0 radical (unpaired) electrons. The Kier molecular flexibility index (Phi) is 12.1. The molecule has 32 heavy (non-hydrogen) atoms. The molecule has 0 fully saturated rings. The highest BCUT2D eigenvalue weighted by molar-refractivity contribution is 6.22. The van der Waals surface area contributed by atoms with Gasteiger partial charge in [-0.3, -0.25) is 9.59 Å². The molecule has 1 rings (SSSR count). The van der Waals surface area contributed by atoms with Gasteiger partial charge in [0.1, 0.15) is 0 Å². The Morgan fingerprint density at radius 1 is 0.906 bits per heavy atom. The number of aliphatic hydroxyl groups excluding tert-OH is 2. The largest absolute Gasteiger partial charge is 0.392 e. The maximum atomic E-state index is 12.3. The van der Waals surface area contributed by atoms with Crippen molar-refractivity contribution in [3.8, 4) is 0 Å². The van der Waals surface area contributed by atoms with Gasteiger partial charge in [0, 0.05) is 16.7 Å². The van der Waals surface area contributed by atoms with E-state index in [1.165, 1.54) is 17.2 Å². The van der Waals surface area contributed by atoms with Gasteiger partial charge >= 0.3 is 0 Å².